The Labute approximate surface area is 286 Å². The molecule has 3 saturated heterocycles. The molecule has 252 valence electrons. The highest BCUT2D eigenvalue weighted by Crippen LogP contribution is 2.61. The standard InChI is InChI=1S/C37H46BrN3O6/c1-6-19-39(22-25-13-11-10-12-14-25)36(45)33-37-21-28(38)32(47-37)30(31(37)35(44)41(33)29(23-42)24(5)8-3)34(43)40(20-7-2)26-15-17-27(18-16-26)46-9-4/h6-7,10-18,24,28-33,42H,1-2,8-9,19-23H2,3-5H3/t24-,28?,29-,30-,31-,32-,33?,37?/m0/s1. The average Bonchev–Trinajstić information content (AvgIpc) is 3.67. The van der Waals surface area contributed by atoms with Crippen LogP contribution in [0.25, 0.3) is 0 Å². The summed E-state index contributed by atoms with van der Waals surface area (Å²) in [4.78, 5) is 49.0. The molecule has 1 spiro atoms. The average molecular weight is 709 g/mol. The van der Waals surface area contributed by atoms with Crippen molar-refractivity contribution in [3.63, 3.8) is 0 Å². The second kappa shape index (κ2) is 14.7. The first-order chi connectivity index (χ1) is 22.7. The van der Waals surface area contributed by atoms with E-state index < -0.39 is 35.6 Å². The molecule has 1 N–H and O–H groups in total. The van der Waals surface area contributed by atoms with Crippen molar-refractivity contribution in [2.45, 2.75) is 68.8 Å². The normalized spacial score (nSPS) is 27.2. The molecule has 3 aliphatic rings. The summed E-state index contributed by atoms with van der Waals surface area (Å²) in [6.45, 7) is 14.7. The minimum absolute atomic E-state index is 0.108. The quantitative estimate of drug-likeness (QED) is 0.207. The van der Waals surface area contributed by atoms with E-state index in [1.165, 1.54) is 0 Å². The fourth-order valence-corrected chi connectivity index (χ4v) is 8.63. The first-order valence-corrected chi connectivity index (χ1v) is 17.4. The van der Waals surface area contributed by atoms with Crippen LogP contribution in [0.1, 0.15) is 39.2 Å². The lowest BCUT2D eigenvalue weighted by atomic mass is 9.70. The van der Waals surface area contributed by atoms with Crippen molar-refractivity contribution in [3.05, 3.63) is 85.5 Å². The summed E-state index contributed by atoms with van der Waals surface area (Å²) in [6, 6.07) is 15.3. The van der Waals surface area contributed by atoms with Crippen LogP contribution in [0.3, 0.4) is 0 Å². The number of aliphatic hydroxyl groups excluding tert-OH is 1. The molecule has 8 atom stereocenters. The Bertz CT molecular complexity index is 1450. The zero-order valence-electron chi connectivity index (χ0n) is 27.5. The van der Waals surface area contributed by atoms with Crippen LogP contribution < -0.4 is 9.64 Å². The lowest BCUT2D eigenvalue weighted by Gasteiger charge is -2.41. The lowest BCUT2D eigenvalue weighted by molar-refractivity contribution is -0.152. The van der Waals surface area contributed by atoms with Crippen molar-refractivity contribution < 1.29 is 29.0 Å². The van der Waals surface area contributed by atoms with Gasteiger partial charge in [0.05, 0.1) is 37.2 Å². The number of carbonyl (C=O) groups is 3. The Balaban J connectivity index is 1.59. The van der Waals surface area contributed by atoms with Gasteiger partial charge in [0.15, 0.2) is 0 Å². The Hall–Kier alpha value is -3.47. The van der Waals surface area contributed by atoms with E-state index in [1.807, 2.05) is 75.4 Å². The van der Waals surface area contributed by atoms with Gasteiger partial charge < -0.3 is 29.3 Å². The Kier molecular flexibility index (Phi) is 10.9. The van der Waals surface area contributed by atoms with Gasteiger partial charge in [0.1, 0.15) is 17.4 Å². The maximum atomic E-state index is 14.9. The third kappa shape index (κ3) is 6.27. The van der Waals surface area contributed by atoms with Crippen molar-refractivity contribution in [1.29, 1.82) is 0 Å². The topological polar surface area (TPSA) is 99.6 Å². The Morgan fingerprint density at radius 2 is 1.79 bits per heavy atom. The molecule has 2 bridgehead atoms. The van der Waals surface area contributed by atoms with Crippen molar-refractivity contribution >= 4 is 39.3 Å². The minimum atomic E-state index is -1.26. The second-order valence-corrected chi connectivity index (χ2v) is 13.9. The summed E-state index contributed by atoms with van der Waals surface area (Å²) in [7, 11) is 0. The molecule has 0 radical (unpaired) electrons. The van der Waals surface area contributed by atoms with Gasteiger partial charge in [-0.3, -0.25) is 14.4 Å². The monoisotopic (exact) mass is 707 g/mol. The number of halogens is 1. The fourth-order valence-electron chi connectivity index (χ4n) is 7.69. The largest absolute Gasteiger partial charge is 0.494 e. The molecule has 47 heavy (non-hydrogen) atoms. The second-order valence-electron chi connectivity index (χ2n) is 12.7. The lowest BCUT2D eigenvalue weighted by Crippen LogP contribution is -2.59. The molecular formula is C37H46BrN3O6. The number of fused-ring (bicyclic) bond motifs is 1. The molecule has 3 fully saturated rings. The molecule has 3 amide bonds. The molecule has 5 rings (SSSR count). The van der Waals surface area contributed by atoms with Gasteiger partial charge in [-0.2, -0.15) is 0 Å². The van der Waals surface area contributed by atoms with Gasteiger partial charge in [0.25, 0.3) is 0 Å². The van der Waals surface area contributed by atoms with Crippen LogP contribution >= 0.6 is 15.9 Å². The maximum Gasteiger partial charge on any atom is 0.249 e. The highest BCUT2D eigenvalue weighted by molar-refractivity contribution is 9.09. The SMILES string of the molecule is C=CCN(Cc1ccccc1)C(=O)C1N([C@@H](CO)[C@@H](C)CC)C(=O)[C@@H]2[C@H](C(=O)N(CC=C)c3ccc(OCC)cc3)[C@H]3OC12CC3Br. The molecule has 3 unspecified atom stereocenters. The van der Waals surface area contributed by atoms with E-state index in [0.29, 0.717) is 37.4 Å². The van der Waals surface area contributed by atoms with Gasteiger partial charge in [-0.15, -0.1) is 13.2 Å². The van der Waals surface area contributed by atoms with E-state index in [-0.39, 0.29) is 48.2 Å². The van der Waals surface area contributed by atoms with Crippen LogP contribution in [0.4, 0.5) is 5.69 Å². The first kappa shape index (κ1) is 34.9. The summed E-state index contributed by atoms with van der Waals surface area (Å²) in [5.74, 6) is -2.06. The van der Waals surface area contributed by atoms with E-state index >= 15 is 0 Å². The van der Waals surface area contributed by atoms with Gasteiger partial charge in [0, 0.05) is 30.1 Å². The number of carbonyl (C=O) groups excluding carboxylic acids is 3. The number of rotatable bonds is 15. The summed E-state index contributed by atoms with van der Waals surface area (Å²) in [6.07, 6.45) is 3.76. The van der Waals surface area contributed by atoms with E-state index in [1.54, 1.807) is 26.9 Å². The van der Waals surface area contributed by atoms with Crippen LogP contribution in [-0.4, -0.2) is 87.5 Å². The molecule has 9 nitrogen and oxygen atoms in total. The van der Waals surface area contributed by atoms with Crippen molar-refractivity contribution in [1.82, 2.24) is 9.80 Å². The van der Waals surface area contributed by atoms with Gasteiger partial charge in [-0.1, -0.05) is 78.7 Å². The third-order valence-electron chi connectivity index (χ3n) is 10.0. The van der Waals surface area contributed by atoms with Gasteiger partial charge >= 0.3 is 0 Å². The summed E-state index contributed by atoms with van der Waals surface area (Å²) in [5.41, 5.74) is 0.319. The maximum absolute atomic E-state index is 14.9. The van der Waals surface area contributed by atoms with E-state index in [2.05, 4.69) is 29.1 Å². The number of nitrogens with zero attached hydrogens (tertiary/aromatic N) is 3. The molecule has 10 heteroatoms. The number of ether oxygens (including phenoxy) is 2. The molecule has 3 aliphatic heterocycles. The molecule has 2 aromatic carbocycles. The van der Waals surface area contributed by atoms with E-state index in [4.69, 9.17) is 9.47 Å². The summed E-state index contributed by atoms with van der Waals surface area (Å²) < 4.78 is 12.4. The number of alkyl halides is 1. The summed E-state index contributed by atoms with van der Waals surface area (Å²) in [5, 5.41) is 10.7. The van der Waals surface area contributed by atoms with E-state index in [0.717, 1.165) is 5.56 Å². The van der Waals surface area contributed by atoms with Gasteiger partial charge in [0.2, 0.25) is 17.7 Å². The molecule has 2 aromatic rings. The smallest absolute Gasteiger partial charge is 0.249 e. The van der Waals surface area contributed by atoms with Crippen LogP contribution in [0.15, 0.2) is 79.9 Å². The molecule has 0 saturated carbocycles. The third-order valence-corrected chi connectivity index (χ3v) is 10.9. The van der Waals surface area contributed by atoms with Gasteiger partial charge in [-0.05, 0) is 49.1 Å². The highest BCUT2D eigenvalue weighted by Gasteiger charge is 2.77. The molecular weight excluding hydrogens is 662 g/mol. The first-order valence-electron chi connectivity index (χ1n) is 16.5. The predicted molar refractivity (Wildman–Crippen MR) is 185 cm³/mol. The fraction of sp³-hybridized carbons (Fsp3) is 0.486. The molecule has 0 aromatic heterocycles. The van der Waals surface area contributed by atoms with E-state index in [9.17, 15) is 19.5 Å². The Morgan fingerprint density at radius 3 is 2.38 bits per heavy atom. The van der Waals surface area contributed by atoms with Crippen molar-refractivity contribution in [2.24, 2.45) is 17.8 Å². The van der Waals surface area contributed by atoms with Crippen LogP contribution in [-0.2, 0) is 25.7 Å². The van der Waals surface area contributed by atoms with Crippen molar-refractivity contribution in [2.75, 3.05) is 31.2 Å². The van der Waals surface area contributed by atoms with Crippen LogP contribution in [0, 0.1) is 17.8 Å². The number of benzene rings is 2. The number of aliphatic hydroxyl groups is 1. The number of anilines is 1. The minimum Gasteiger partial charge on any atom is -0.494 e. The van der Waals surface area contributed by atoms with Crippen molar-refractivity contribution in [3.8, 4) is 5.75 Å². The number of hydrogen-bond donors (Lipinski definition) is 1. The Morgan fingerprint density at radius 1 is 1.11 bits per heavy atom. The number of hydrogen-bond acceptors (Lipinski definition) is 6. The highest BCUT2D eigenvalue weighted by atomic mass is 79.9. The summed E-state index contributed by atoms with van der Waals surface area (Å²) >= 11 is 3.79. The van der Waals surface area contributed by atoms with Crippen LogP contribution in [0.5, 0.6) is 5.75 Å². The number of amides is 3. The van der Waals surface area contributed by atoms with Crippen LogP contribution in [0.2, 0.25) is 0 Å². The zero-order valence-corrected chi connectivity index (χ0v) is 29.1. The zero-order chi connectivity index (χ0) is 33.9. The van der Waals surface area contributed by atoms with Gasteiger partial charge in [-0.25, -0.2) is 0 Å². The number of likely N-dealkylation sites (tertiary alicyclic amines) is 1. The molecule has 3 heterocycles. The molecule has 0 aliphatic carbocycles. The predicted octanol–water partition coefficient (Wildman–Crippen LogP) is 4.97.